The molecular weight excluding hydrogens is 208 g/mol. The average Bonchev–Trinajstić information content (AvgIpc) is 2.29. The minimum Gasteiger partial charge on any atom is -0.493 e. The van der Waals surface area contributed by atoms with Crippen LogP contribution in [0.3, 0.4) is 0 Å². The molecule has 0 aromatic heterocycles. The Bertz CT molecular complexity index is 392. The number of ketones is 1. The molecule has 0 aliphatic heterocycles. The Balaban J connectivity index is 2.46. The van der Waals surface area contributed by atoms with E-state index in [2.05, 4.69) is 6.58 Å². The molecule has 1 N–H and O–H groups in total. The third-order valence-corrected chi connectivity index (χ3v) is 1.95. The molecule has 0 atom stereocenters. The van der Waals surface area contributed by atoms with Crippen LogP contribution < -0.4 is 4.74 Å². The van der Waals surface area contributed by atoms with Crippen LogP contribution in [0.4, 0.5) is 0 Å². The molecule has 0 spiro atoms. The van der Waals surface area contributed by atoms with Crippen molar-refractivity contribution in [3.05, 3.63) is 42.5 Å². The first kappa shape index (κ1) is 12.0. The molecule has 1 aromatic rings. The van der Waals surface area contributed by atoms with E-state index >= 15 is 0 Å². The Morgan fingerprint density at radius 1 is 1.31 bits per heavy atom. The Kier molecular flexibility index (Phi) is 4.27. The van der Waals surface area contributed by atoms with E-state index in [-0.39, 0.29) is 24.4 Å². The van der Waals surface area contributed by atoms with Gasteiger partial charge >= 0.3 is 5.97 Å². The van der Waals surface area contributed by atoms with Gasteiger partial charge in [0.15, 0.2) is 5.78 Å². The quantitative estimate of drug-likeness (QED) is 0.744. The van der Waals surface area contributed by atoms with Gasteiger partial charge < -0.3 is 9.84 Å². The van der Waals surface area contributed by atoms with E-state index in [1.165, 1.54) is 18.2 Å². The summed E-state index contributed by atoms with van der Waals surface area (Å²) in [5, 5.41) is 8.66. The van der Waals surface area contributed by atoms with Crippen LogP contribution in [0.25, 0.3) is 0 Å². The fraction of sp³-hybridized carbons (Fsp3) is 0.167. The molecule has 0 saturated carbocycles. The third-order valence-electron chi connectivity index (χ3n) is 1.95. The molecule has 0 aliphatic rings. The van der Waals surface area contributed by atoms with Crippen molar-refractivity contribution in [2.24, 2.45) is 0 Å². The van der Waals surface area contributed by atoms with E-state index in [4.69, 9.17) is 9.84 Å². The van der Waals surface area contributed by atoms with Crippen molar-refractivity contribution in [3.8, 4) is 5.75 Å². The summed E-state index contributed by atoms with van der Waals surface area (Å²) in [6.45, 7) is 3.61. The van der Waals surface area contributed by atoms with Crippen molar-refractivity contribution in [1.82, 2.24) is 0 Å². The Morgan fingerprint density at radius 2 is 1.94 bits per heavy atom. The first-order valence-corrected chi connectivity index (χ1v) is 4.75. The van der Waals surface area contributed by atoms with Crippen molar-refractivity contribution >= 4 is 11.8 Å². The number of hydrogen-bond acceptors (Lipinski definition) is 3. The van der Waals surface area contributed by atoms with Crippen LogP contribution >= 0.6 is 0 Å². The largest absolute Gasteiger partial charge is 0.493 e. The number of carboxylic acid groups (broad SMARTS) is 1. The highest BCUT2D eigenvalue weighted by atomic mass is 16.5. The average molecular weight is 220 g/mol. The molecule has 0 amide bonds. The normalized spacial score (nSPS) is 9.50. The fourth-order valence-electron chi connectivity index (χ4n) is 1.07. The standard InChI is InChI=1S/C12H12O4/c1-2-10(13)7-8-16-11-5-3-9(4-6-11)12(14)15/h2-6H,1,7-8H2,(H,14,15). The minimum atomic E-state index is -0.978. The van der Waals surface area contributed by atoms with Crippen LogP contribution in [-0.2, 0) is 4.79 Å². The molecule has 0 fully saturated rings. The molecule has 0 bridgehead atoms. The predicted molar refractivity (Wildman–Crippen MR) is 58.7 cm³/mol. The number of carbonyl (C=O) groups excluding carboxylic acids is 1. The van der Waals surface area contributed by atoms with Crippen LogP contribution in [0.15, 0.2) is 36.9 Å². The summed E-state index contributed by atoms with van der Waals surface area (Å²) in [7, 11) is 0. The van der Waals surface area contributed by atoms with Gasteiger partial charge in [0.25, 0.3) is 0 Å². The predicted octanol–water partition coefficient (Wildman–Crippen LogP) is 1.91. The Morgan fingerprint density at radius 3 is 2.44 bits per heavy atom. The van der Waals surface area contributed by atoms with E-state index in [1.54, 1.807) is 12.1 Å². The molecule has 0 heterocycles. The topological polar surface area (TPSA) is 63.6 Å². The number of benzene rings is 1. The van der Waals surface area contributed by atoms with Gasteiger partial charge in [-0.3, -0.25) is 4.79 Å². The van der Waals surface area contributed by atoms with Gasteiger partial charge in [0, 0.05) is 6.42 Å². The van der Waals surface area contributed by atoms with Crippen LogP contribution in [0, 0.1) is 0 Å². The van der Waals surface area contributed by atoms with E-state index in [1.807, 2.05) is 0 Å². The van der Waals surface area contributed by atoms with Crippen molar-refractivity contribution in [2.75, 3.05) is 6.61 Å². The summed E-state index contributed by atoms with van der Waals surface area (Å²) in [4.78, 5) is 21.4. The minimum absolute atomic E-state index is 0.0813. The summed E-state index contributed by atoms with van der Waals surface area (Å²) >= 11 is 0. The molecule has 0 radical (unpaired) electrons. The highest BCUT2D eigenvalue weighted by Gasteiger charge is 2.02. The molecule has 1 aromatic carbocycles. The van der Waals surface area contributed by atoms with Crippen LogP contribution in [0.2, 0.25) is 0 Å². The number of rotatable bonds is 6. The molecule has 0 saturated heterocycles. The second-order valence-corrected chi connectivity index (χ2v) is 3.10. The number of aromatic carboxylic acids is 1. The lowest BCUT2D eigenvalue weighted by Gasteiger charge is -2.04. The second-order valence-electron chi connectivity index (χ2n) is 3.10. The zero-order valence-corrected chi connectivity index (χ0v) is 8.68. The molecule has 0 aliphatic carbocycles. The lowest BCUT2D eigenvalue weighted by molar-refractivity contribution is -0.115. The van der Waals surface area contributed by atoms with Gasteiger partial charge in [0.2, 0.25) is 0 Å². The highest BCUT2D eigenvalue weighted by molar-refractivity contribution is 5.89. The van der Waals surface area contributed by atoms with Crippen LogP contribution in [-0.4, -0.2) is 23.5 Å². The number of carboxylic acids is 1. The number of hydrogen-bond donors (Lipinski definition) is 1. The molecule has 1 rings (SSSR count). The summed E-state index contributed by atoms with van der Waals surface area (Å²) < 4.78 is 5.25. The number of allylic oxidation sites excluding steroid dienone is 1. The molecule has 4 heteroatoms. The van der Waals surface area contributed by atoms with Gasteiger partial charge in [-0.05, 0) is 30.3 Å². The lowest BCUT2D eigenvalue weighted by atomic mass is 10.2. The summed E-state index contributed by atoms with van der Waals surface area (Å²) in [6, 6.07) is 6.02. The Labute approximate surface area is 93.2 Å². The monoisotopic (exact) mass is 220 g/mol. The van der Waals surface area contributed by atoms with Gasteiger partial charge in [-0.25, -0.2) is 4.79 Å². The van der Waals surface area contributed by atoms with Gasteiger partial charge in [-0.1, -0.05) is 6.58 Å². The maximum atomic E-state index is 10.9. The SMILES string of the molecule is C=CC(=O)CCOc1ccc(C(=O)O)cc1. The van der Waals surface area contributed by atoms with Crippen molar-refractivity contribution in [3.63, 3.8) is 0 Å². The highest BCUT2D eigenvalue weighted by Crippen LogP contribution is 2.12. The first-order valence-electron chi connectivity index (χ1n) is 4.75. The summed E-state index contributed by atoms with van der Waals surface area (Å²) in [5.74, 6) is -0.516. The van der Waals surface area contributed by atoms with Crippen molar-refractivity contribution in [1.29, 1.82) is 0 Å². The summed E-state index contributed by atoms with van der Waals surface area (Å²) in [5.41, 5.74) is 0.203. The first-order chi connectivity index (χ1) is 7.63. The number of ether oxygens (including phenoxy) is 1. The summed E-state index contributed by atoms with van der Waals surface area (Å²) in [6.07, 6.45) is 1.51. The Hall–Kier alpha value is -2.10. The molecule has 16 heavy (non-hydrogen) atoms. The maximum absolute atomic E-state index is 10.9. The smallest absolute Gasteiger partial charge is 0.335 e. The van der Waals surface area contributed by atoms with Gasteiger partial charge in [-0.15, -0.1) is 0 Å². The van der Waals surface area contributed by atoms with E-state index in [0.29, 0.717) is 5.75 Å². The molecule has 84 valence electrons. The van der Waals surface area contributed by atoms with Crippen LogP contribution in [0.5, 0.6) is 5.75 Å². The van der Waals surface area contributed by atoms with Gasteiger partial charge in [0.05, 0.1) is 12.2 Å². The zero-order valence-electron chi connectivity index (χ0n) is 8.68. The van der Waals surface area contributed by atoms with Crippen molar-refractivity contribution < 1.29 is 19.4 Å². The fourth-order valence-corrected chi connectivity index (χ4v) is 1.07. The zero-order chi connectivity index (χ0) is 12.0. The van der Waals surface area contributed by atoms with E-state index in [0.717, 1.165) is 0 Å². The molecule has 4 nitrogen and oxygen atoms in total. The van der Waals surface area contributed by atoms with Gasteiger partial charge in [-0.2, -0.15) is 0 Å². The molecular formula is C12H12O4. The maximum Gasteiger partial charge on any atom is 0.335 e. The van der Waals surface area contributed by atoms with Crippen molar-refractivity contribution in [2.45, 2.75) is 6.42 Å². The van der Waals surface area contributed by atoms with Gasteiger partial charge in [0.1, 0.15) is 5.75 Å². The van der Waals surface area contributed by atoms with E-state index < -0.39 is 5.97 Å². The number of carbonyl (C=O) groups is 2. The lowest BCUT2D eigenvalue weighted by Crippen LogP contribution is -2.03. The third kappa shape index (κ3) is 3.57. The second kappa shape index (κ2) is 5.70. The molecule has 0 unspecified atom stereocenters. The van der Waals surface area contributed by atoms with E-state index in [9.17, 15) is 9.59 Å². The van der Waals surface area contributed by atoms with Crippen LogP contribution in [0.1, 0.15) is 16.8 Å².